The van der Waals surface area contributed by atoms with Gasteiger partial charge in [0.1, 0.15) is 5.75 Å². The smallest absolute Gasteiger partial charge is 0.255 e. The minimum atomic E-state index is -0.224. The fourth-order valence-electron chi connectivity index (χ4n) is 1.99. The average Bonchev–Trinajstić information content (AvgIpc) is 3.33. The first-order valence-corrected chi connectivity index (χ1v) is 7.86. The largest absolute Gasteiger partial charge is 0.493 e. The Morgan fingerprint density at radius 1 is 1.14 bits per heavy atom. The van der Waals surface area contributed by atoms with Crippen molar-refractivity contribution in [2.45, 2.75) is 12.8 Å². The van der Waals surface area contributed by atoms with Crippen LogP contribution in [0.15, 0.2) is 42.5 Å². The number of hydrogen-bond donors (Lipinski definition) is 1. The minimum absolute atomic E-state index is 0.224. The summed E-state index contributed by atoms with van der Waals surface area (Å²) in [5.41, 5.74) is 1.08. The van der Waals surface area contributed by atoms with E-state index in [1.807, 2.05) is 0 Å². The van der Waals surface area contributed by atoms with Crippen LogP contribution in [-0.2, 0) is 0 Å². The van der Waals surface area contributed by atoms with Crippen molar-refractivity contribution in [3.63, 3.8) is 0 Å². The van der Waals surface area contributed by atoms with Crippen LogP contribution in [0.2, 0.25) is 10.0 Å². The quantitative estimate of drug-likeness (QED) is 0.831. The summed E-state index contributed by atoms with van der Waals surface area (Å²) < 4.78 is 5.65. The topological polar surface area (TPSA) is 38.3 Å². The summed E-state index contributed by atoms with van der Waals surface area (Å²) >= 11 is 11.9. The van der Waals surface area contributed by atoms with Gasteiger partial charge in [-0.05, 0) is 61.2 Å². The Morgan fingerprint density at radius 3 is 2.50 bits per heavy atom. The molecular formula is C17H15Cl2NO2. The number of hydrogen-bond acceptors (Lipinski definition) is 2. The highest BCUT2D eigenvalue weighted by Crippen LogP contribution is 2.29. The molecule has 0 aromatic heterocycles. The van der Waals surface area contributed by atoms with Crippen molar-refractivity contribution in [3.05, 3.63) is 58.1 Å². The van der Waals surface area contributed by atoms with Gasteiger partial charge in [0, 0.05) is 10.6 Å². The Labute approximate surface area is 139 Å². The molecule has 0 aliphatic heterocycles. The summed E-state index contributed by atoms with van der Waals surface area (Å²) in [6, 6.07) is 12.0. The lowest BCUT2D eigenvalue weighted by molar-refractivity contribution is 0.102. The van der Waals surface area contributed by atoms with Crippen LogP contribution in [0.1, 0.15) is 23.2 Å². The van der Waals surface area contributed by atoms with Crippen molar-refractivity contribution in [3.8, 4) is 5.75 Å². The van der Waals surface area contributed by atoms with E-state index in [4.69, 9.17) is 27.9 Å². The maximum Gasteiger partial charge on any atom is 0.255 e. The van der Waals surface area contributed by atoms with E-state index in [2.05, 4.69) is 5.32 Å². The molecule has 114 valence electrons. The van der Waals surface area contributed by atoms with E-state index in [-0.39, 0.29) is 5.91 Å². The van der Waals surface area contributed by atoms with Crippen LogP contribution < -0.4 is 10.1 Å². The van der Waals surface area contributed by atoms with Gasteiger partial charge < -0.3 is 10.1 Å². The molecular weight excluding hydrogens is 321 g/mol. The van der Waals surface area contributed by atoms with Crippen LogP contribution >= 0.6 is 23.2 Å². The molecule has 1 saturated carbocycles. The maximum atomic E-state index is 12.2. The highest BCUT2D eigenvalue weighted by molar-refractivity contribution is 6.36. The van der Waals surface area contributed by atoms with Crippen molar-refractivity contribution in [2.24, 2.45) is 5.92 Å². The average molecular weight is 336 g/mol. The maximum absolute atomic E-state index is 12.2. The lowest BCUT2D eigenvalue weighted by atomic mass is 10.2. The van der Waals surface area contributed by atoms with E-state index >= 15 is 0 Å². The molecule has 2 aromatic carbocycles. The van der Waals surface area contributed by atoms with Gasteiger partial charge in [-0.15, -0.1) is 0 Å². The second kappa shape index (κ2) is 6.59. The molecule has 0 bridgehead atoms. The van der Waals surface area contributed by atoms with Gasteiger partial charge >= 0.3 is 0 Å². The van der Waals surface area contributed by atoms with Crippen LogP contribution in [0, 0.1) is 5.92 Å². The van der Waals surface area contributed by atoms with Crippen LogP contribution in [0.3, 0.4) is 0 Å². The van der Waals surface area contributed by atoms with Crippen LogP contribution in [0.5, 0.6) is 5.75 Å². The van der Waals surface area contributed by atoms with Gasteiger partial charge in [0.15, 0.2) is 0 Å². The highest BCUT2D eigenvalue weighted by atomic mass is 35.5. The first-order valence-electron chi connectivity index (χ1n) is 7.11. The number of benzene rings is 2. The van der Waals surface area contributed by atoms with Gasteiger partial charge in [-0.2, -0.15) is 0 Å². The van der Waals surface area contributed by atoms with E-state index in [9.17, 15) is 4.79 Å². The number of ether oxygens (including phenoxy) is 1. The Bertz CT molecular complexity index is 682. The number of amides is 1. The zero-order valence-electron chi connectivity index (χ0n) is 11.8. The molecule has 1 amide bonds. The predicted molar refractivity (Wildman–Crippen MR) is 89.1 cm³/mol. The molecule has 1 N–H and O–H groups in total. The number of nitrogens with one attached hydrogen (secondary N) is 1. The van der Waals surface area contributed by atoms with Gasteiger partial charge in [0.25, 0.3) is 5.91 Å². The van der Waals surface area contributed by atoms with Crippen LogP contribution in [0.25, 0.3) is 0 Å². The second-order valence-corrected chi connectivity index (χ2v) is 6.20. The molecule has 3 rings (SSSR count). The van der Waals surface area contributed by atoms with Crippen LogP contribution in [-0.4, -0.2) is 12.5 Å². The molecule has 22 heavy (non-hydrogen) atoms. The molecule has 0 spiro atoms. The molecule has 3 nitrogen and oxygen atoms in total. The summed E-state index contributed by atoms with van der Waals surface area (Å²) in [4.78, 5) is 12.2. The molecule has 0 radical (unpaired) electrons. The van der Waals surface area contributed by atoms with E-state index < -0.39 is 0 Å². The summed E-state index contributed by atoms with van der Waals surface area (Å²) in [5.74, 6) is 1.26. The minimum Gasteiger partial charge on any atom is -0.493 e. The molecule has 0 unspecified atom stereocenters. The Hall–Kier alpha value is -1.71. The number of halogens is 2. The lowest BCUT2D eigenvalue weighted by Crippen LogP contribution is -2.12. The molecule has 1 fully saturated rings. The van der Waals surface area contributed by atoms with Gasteiger partial charge in [0.05, 0.1) is 17.3 Å². The second-order valence-electron chi connectivity index (χ2n) is 5.36. The molecule has 1 aliphatic carbocycles. The SMILES string of the molecule is O=C(Nc1ccc(Cl)cc1Cl)c1ccc(OCC2CC2)cc1. The molecule has 5 heteroatoms. The standard InChI is InChI=1S/C17H15Cl2NO2/c18-13-5-8-16(15(19)9-13)20-17(21)12-3-6-14(7-4-12)22-10-11-1-2-11/h3-9,11H,1-2,10H2,(H,20,21). The molecule has 0 atom stereocenters. The first kappa shape index (κ1) is 15.2. The zero-order chi connectivity index (χ0) is 15.5. The first-order chi connectivity index (χ1) is 10.6. The molecule has 1 aliphatic rings. The molecule has 0 heterocycles. The van der Waals surface area contributed by atoms with Crippen molar-refractivity contribution in [1.82, 2.24) is 0 Å². The van der Waals surface area contributed by atoms with E-state index in [0.717, 1.165) is 12.4 Å². The number of anilines is 1. The van der Waals surface area contributed by atoms with Gasteiger partial charge in [-0.3, -0.25) is 4.79 Å². The lowest BCUT2D eigenvalue weighted by Gasteiger charge is -2.09. The Balaban J connectivity index is 1.63. The normalized spacial score (nSPS) is 13.7. The van der Waals surface area contributed by atoms with Gasteiger partial charge in [-0.25, -0.2) is 0 Å². The molecule has 2 aromatic rings. The van der Waals surface area contributed by atoms with Crippen molar-refractivity contribution >= 4 is 34.8 Å². The summed E-state index contributed by atoms with van der Waals surface area (Å²) in [5, 5.41) is 3.70. The zero-order valence-corrected chi connectivity index (χ0v) is 13.3. The number of rotatable bonds is 5. The summed E-state index contributed by atoms with van der Waals surface area (Å²) in [6.07, 6.45) is 2.50. The van der Waals surface area contributed by atoms with Gasteiger partial charge in [-0.1, -0.05) is 23.2 Å². The van der Waals surface area contributed by atoms with Crippen LogP contribution in [0.4, 0.5) is 5.69 Å². The fraction of sp³-hybridized carbons (Fsp3) is 0.235. The molecule has 0 saturated heterocycles. The van der Waals surface area contributed by atoms with E-state index in [1.54, 1.807) is 42.5 Å². The summed E-state index contributed by atoms with van der Waals surface area (Å²) in [7, 11) is 0. The predicted octanol–water partition coefficient (Wildman–Crippen LogP) is 5.03. The third kappa shape index (κ3) is 3.93. The van der Waals surface area contributed by atoms with Crippen molar-refractivity contribution < 1.29 is 9.53 Å². The van der Waals surface area contributed by atoms with E-state index in [1.165, 1.54) is 12.8 Å². The Kier molecular flexibility index (Phi) is 4.55. The monoisotopic (exact) mass is 335 g/mol. The number of carbonyl (C=O) groups excluding carboxylic acids is 1. The Morgan fingerprint density at radius 2 is 1.86 bits per heavy atom. The summed E-state index contributed by atoms with van der Waals surface area (Å²) in [6.45, 7) is 0.756. The third-order valence-corrected chi connectivity index (χ3v) is 4.03. The van der Waals surface area contributed by atoms with Crippen molar-refractivity contribution in [2.75, 3.05) is 11.9 Å². The van der Waals surface area contributed by atoms with Crippen molar-refractivity contribution in [1.29, 1.82) is 0 Å². The van der Waals surface area contributed by atoms with Gasteiger partial charge in [0.2, 0.25) is 0 Å². The highest BCUT2D eigenvalue weighted by Gasteiger charge is 2.21. The van der Waals surface area contributed by atoms with E-state index in [0.29, 0.717) is 27.2 Å². The number of carbonyl (C=O) groups is 1. The third-order valence-electron chi connectivity index (χ3n) is 3.48. The fourth-order valence-corrected chi connectivity index (χ4v) is 2.44.